The van der Waals surface area contributed by atoms with Crippen LogP contribution < -0.4 is 0 Å². The Kier molecular flexibility index (Phi) is 3.72. The summed E-state index contributed by atoms with van der Waals surface area (Å²) in [6, 6.07) is 8.25. The van der Waals surface area contributed by atoms with Gasteiger partial charge < -0.3 is 5.11 Å². The molecule has 3 atom stereocenters. The largest absolute Gasteiger partial charge is 0.508 e. The van der Waals surface area contributed by atoms with Gasteiger partial charge in [-0.1, -0.05) is 26.0 Å². The van der Waals surface area contributed by atoms with E-state index in [1.54, 1.807) is 6.07 Å². The molecule has 1 heterocycles. The van der Waals surface area contributed by atoms with Gasteiger partial charge in [-0.2, -0.15) is 0 Å². The maximum absolute atomic E-state index is 9.49. The van der Waals surface area contributed by atoms with Gasteiger partial charge in [-0.3, -0.25) is 4.90 Å². The smallest absolute Gasteiger partial charge is 0.115 e. The van der Waals surface area contributed by atoms with Gasteiger partial charge in [-0.05, 0) is 42.9 Å². The van der Waals surface area contributed by atoms with Crippen molar-refractivity contribution < 1.29 is 5.11 Å². The van der Waals surface area contributed by atoms with Crippen LogP contribution in [0.4, 0.5) is 0 Å². The van der Waals surface area contributed by atoms with Crippen LogP contribution in [0, 0.1) is 11.8 Å². The van der Waals surface area contributed by atoms with Gasteiger partial charge in [-0.25, -0.2) is 0 Å². The average molecular weight is 233 g/mol. The Labute approximate surface area is 104 Å². The van der Waals surface area contributed by atoms with Crippen LogP contribution in [0.5, 0.6) is 5.75 Å². The monoisotopic (exact) mass is 233 g/mol. The molecule has 0 saturated carbocycles. The van der Waals surface area contributed by atoms with E-state index in [1.807, 2.05) is 12.1 Å². The van der Waals surface area contributed by atoms with Gasteiger partial charge in [0.1, 0.15) is 5.75 Å². The Bertz CT molecular complexity index is 377. The molecule has 0 amide bonds. The summed E-state index contributed by atoms with van der Waals surface area (Å²) in [4.78, 5) is 2.54. The second-order valence-electron chi connectivity index (χ2n) is 5.66. The van der Waals surface area contributed by atoms with Gasteiger partial charge in [0, 0.05) is 19.1 Å². The zero-order valence-electron chi connectivity index (χ0n) is 11.1. The molecule has 2 heteroatoms. The molecule has 0 spiro atoms. The lowest BCUT2D eigenvalue weighted by atomic mass is 9.86. The summed E-state index contributed by atoms with van der Waals surface area (Å²) in [5, 5.41) is 9.49. The zero-order chi connectivity index (χ0) is 12.4. The Morgan fingerprint density at radius 1 is 1.29 bits per heavy atom. The third-order valence-corrected chi connectivity index (χ3v) is 4.02. The number of piperidine rings is 1. The Balaban J connectivity index is 2.07. The minimum absolute atomic E-state index is 0.369. The van der Waals surface area contributed by atoms with Gasteiger partial charge in [0.25, 0.3) is 0 Å². The molecular weight excluding hydrogens is 210 g/mol. The molecule has 3 unspecified atom stereocenters. The highest BCUT2D eigenvalue weighted by atomic mass is 16.3. The highest BCUT2D eigenvalue weighted by molar-refractivity contribution is 5.27. The second kappa shape index (κ2) is 5.09. The number of hydrogen-bond donors (Lipinski definition) is 1. The highest BCUT2D eigenvalue weighted by Crippen LogP contribution is 2.28. The summed E-state index contributed by atoms with van der Waals surface area (Å²) >= 11 is 0. The fourth-order valence-electron chi connectivity index (χ4n) is 2.93. The molecule has 1 saturated heterocycles. The maximum Gasteiger partial charge on any atom is 0.115 e. The van der Waals surface area contributed by atoms with Crippen molar-refractivity contribution in [3.8, 4) is 5.75 Å². The van der Waals surface area contributed by atoms with Gasteiger partial charge >= 0.3 is 0 Å². The fraction of sp³-hybridized carbons (Fsp3) is 0.600. The molecule has 1 N–H and O–H groups in total. The van der Waals surface area contributed by atoms with E-state index in [0.29, 0.717) is 11.8 Å². The van der Waals surface area contributed by atoms with Crippen LogP contribution in [0.3, 0.4) is 0 Å². The lowest BCUT2D eigenvalue weighted by Crippen LogP contribution is -2.45. The topological polar surface area (TPSA) is 23.5 Å². The number of phenolic OH excluding ortho intramolecular Hbond substituents is 1. The molecule has 0 aromatic heterocycles. The molecule has 17 heavy (non-hydrogen) atoms. The number of likely N-dealkylation sites (tertiary alicyclic amines) is 1. The Morgan fingerprint density at radius 3 is 2.76 bits per heavy atom. The van der Waals surface area contributed by atoms with Crippen LogP contribution in [0.15, 0.2) is 24.3 Å². The van der Waals surface area contributed by atoms with E-state index in [-0.39, 0.29) is 0 Å². The summed E-state index contributed by atoms with van der Waals surface area (Å²) in [5.74, 6) is 1.91. The van der Waals surface area contributed by atoms with Gasteiger partial charge in [0.15, 0.2) is 0 Å². The quantitative estimate of drug-likeness (QED) is 0.847. The molecule has 1 aromatic carbocycles. The summed E-state index contributed by atoms with van der Waals surface area (Å²) in [7, 11) is 0. The minimum Gasteiger partial charge on any atom is -0.508 e. The average Bonchev–Trinajstić information content (AvgIpc) is 2.25. The molecular formula is C15H23NO. The third kappa shape index (κ3) is 3.01. The molecule has 0 radical (unpaired) electrons. The molecule has 0 aliphatic carbocycles. The summed E-state index contributed by atoms with van der Waals surface area (Å²) < 4.78 is 0. The van der Waals surface area contributed by atoms with Crippen molar-refractivity contribution in [2.24, 2.45) is 11.8 Å². The van der Waals surface area contributed by atoms with E-state index in [4.69, 9.17) is 0 Å². The van der Waals surface area contributed by atoms with Crippen LogP contribution in [0.1, 0.15) is 32.8 Å². The van der Waals surface area contributed by atoms with Gasteiger partial charge in [0.05, 0.1) is 0 Å². The van der Waals surface area contributed by atoms with Crippen LogP contribution in [0.25, 0.3) is 0 Å². The number of nitrogens with zero attached hydrogens (tertiary/aromatic N) is 1. The van der Waals surface area contributed by atoms with Crippen LogP contribution >= 0.6 is 0 Å². The number of phenols is 1. The third-order valence-electron chi connectivity index (χ3n) is 4.02. The van der Waals surface area contributed by atoms with Crippen molar-refractivity contribution in [2.45, 2.75) is 39.8 Å². The molecule has 0 bridgehead atoms. The number of benzene rings is 1. The fourth-order valence-corrected chi connectivity index (χ4v) is 2.93. The first kappa shape index (κ1) is 12.4. The van der Waals surface area contributed by atoms with E-state index in [2.05, 4.69) is 31.7 Å². The van der Waals surface area contributed by atoms with Crippen molar-refractivity contribution >= 4 is 0 Å². The van der Waals surface area contributed by atoms with E-state index in [9.17, 15) is 5.11 Å². The van der Waals surface area contributed by atoms with Crippen molar-refractivity contribution in [2.75, 3.05) is 6.54 Å². The van der Waals surface area contributed by atoms with Crippen molar-refractivity contribution in [3.63, 3.8) is 0 Å². The summed E-state index contributed by atoms with van der Waals surface area (Å²) in [5.41, 5.74) is 1.21. The first-order valence-corrected chi connectivity index (χ1v) is 6.58. The van der Waals surface area contributed by atoms with Crippen LogP contribution in [0.2, 0.25) is 0 Å². The normalized spacial score (nSPS) is 30.4. The van der Waals surface area contributed by atoms with Crippen LogP contribution in [-0.4, -0.2) is 22.6 Å². The van der Waals surface area contributed by atoms with Crippen molar-refractivity contribution in [1.29, 1.82) is 0 Å². The van der Waals surface area contributed by atoms with E-state index in [0.717, 1.165) is 18.4 Å². The first-order valence-electron chi connectivity index (χ1n) is 6.58. The standard InChI is InChI=1S/C15H23NO/c1-11-7-12(2)13(3)16(9-11)10-14-5-4-6-15(17)8-14/h4-6,8,11-13,17H,7,9-10H2,1-3H3. The van der Waals surface area contributed by atoms with Crippen molar-refractivity contribution in [1.82, 2.24) is 4.90 Å². The predicted octanol–water partition coefficient (Wildman–Crippen LogP) is 3.26. The summed E-state index contributed by atoms with van der Waals surface area (Å²) in [6.45, 7) is 9.11. The molecule has 1 aliphatic heterocycles. The number of aromatic hydroxyl groups is 1. The molecule has 1 aromatic rings. The van der Waals surface area contributed by atoms with Crippen molar-refractivity contribution in [3.05, 3.63) is 29.8 Å². The van der Waals surface area contributed by atoms with Gasteiger partial charge in [-0.15, -0.1) is 0 Å². The Hall–Kier alpha value is -1.02. The molecule has 2 nitrogen and oxygen atoms in total. The number of hydrogen-bond acceptors (Lipinski definition) is 2. The molecule has 1 fully saturated rings. The minimum atomic E-state index is 0.369. The first-order chi connectivity index (χ1) is 8.06. The van der Waals surface area contributed by atoms with E-state index >= 15 is 0 Å². The summed E-state index contributed by atoms with van der Waals surface area (Å²) in [6.07, 6.45) is 1.33. The van der Waals surface area contributed by atoms with E-state index in [1.165, 1.54) is 18.5 Å². The lowest BCUT2D eigenvalue weighted by molar-refractivity contribution is 0.0729. The maximum atomic E-state index is 9.49. The Morgan fingerprint density at radius 2 is 2.06 bits per heavy atom. The lowest BCUT2D eigenvalue weighted by Gasteiger charge is -2.41. The molecule has 1 aliphatic rings. The SMILES string of the molecule is CC1CC(C)C(C)N(Cc2cccc(O)c2)C1. The number of rotatable bonds is 2. The highest BCUT2D eigenvalue weighted by Gasteiger charge is 2.28. The second-order valence-corrected chi connectivity index (χ2v) is 5.66. The van der Waals surface area contributed by atoms with Crippen LogP contribution in [-0.2, 0) is 6.54 Å². The van der Waals surface area contributed by atoms with Gasteiger partial charge in [0.2, 0.25) is 0 Å². The molecule has 2 rings (SSSR count). The predicted molar refractivity (Wildman–Crippen MR) is 70.9 cm³/mol. The zero-order valence-corrected chi connectivity index (χ0v) is 11.1. The van der Waals surface area contributed by atoms with E-state index < -0.39 is 0 Å². The molecule has 94 valence electrons.